The Morgan fingerprint density at radius 3 is 2.50 bits per heavy atom. The van der Waals surface area contributed by atoms with Crippen molar-refractivity contribution in [1.82, 2.24) is 0 Å². The van der Waals surface area contributed by atoms with Crippen molar-refractivity contribution >= 4 is 11.7 Å². The lowest BCUT2D eigenvalue weighted by atomic mass is 10.1. The standard InChI is InChI=1S/C11H21NO2/c1-4-5-6-7-8-12-10(3)9(2)11(13)14/h9H,4-8H2,1-3H3,(H,13,14)/b12-10-. The average Bonchev–Trinajstić information content (AvgIpc) is 2.16. The number of hydrogen-bond donors (Lipinski definition) is 1. The zero-order valence-electron chi connectivity index (χ0n) is 9.42. The van der Waals surface area contributed by atoms with Crippen LogP contribution < -0.4 is 0 Å². The van der Waals surface area contributed by atoms with Gasteiger partial charge >= 0.3 is 5.97 Å². The van der Waals surface area contributed by atoms with Gasteiger partial charge in [0.1, 0.15) is 0 Å². The Kier molecular flexibility index (Phi) is 7.07. The molecule has 0 aromatic carbocycles. The van der Waals surface area contributed by atoms with Crippen LogP contribution in [-0.4, -0.2) is 23.3 Å². The van der Waals surface area contributed by atoms with Crippen molar-refractivity contribution in [2.24, 2.45) is 10.9 Å². The first-order chi connectivity index (χ1) is 6.59. The number of rotatable bonds is 7. The molecule has 0 amide bonds. The van der Waals surface area contributed by atoms with Gasteiger partial charge in [-0.05, 0) is 20.3 Å². The van der Waals surface area contributed by atoms with Crippen molar-refractivity contribution in [2.45, 2.75) is 46.5 Å². The summed E-state index contributed by atoms with van der Waals surface area (Å²) in [6.07, 6.45) is 4.71. The van der Waals surface area contributed by atoms with Crippen molar-refractivity contribution in [3.05, 3.63) is 0 Å². The fourth-order valence-corrected chi connectivity index (χ4v) is 1.11. The number of hydrogen-bond acceptors (Lipinski definition) is 2. The summed E-state index contributed by atoms with van der Waals surface area (Å²) in [5.41, 5.74) is 0.731. The van der Waals surface area contributed by atoms with Gasteiger partial charge in [-0.15, -0.1) is 0 Å². The van der Waals surface area contributed by atoms with E-state index < -0.39 is 11.9 Å². The minimum atomic E-state index is -0.792. The van der Waals surface area contributed by atoms with Gasteiger partial charge in [-0.1, -0.05) is 26.2 Å². The summed E-state index contributed by atoms with van der Waals surface area (Å²) in [5.74, 6) is -1.24. The molecule has 1 N–H and O–H groups in total. The predicted octanol–water partition coefficient (Wildman–Crippen LogP) is 2.75. The van der Waals surface area contributed by atoms with E-state index in [-0.39, 0.29) is 0 Å². The first-order valence-corrected chi connectivity index (χ1v) is 5.33. The lowest BCUT2D eigenvalue weighted by Gasteiger charge is -2.05. The third-order valence-electron chi connectivity index (χ3n) is 2.37. The minimum Gasteiger partial charge on any atom is -0.481 e. The summed E-state index contributed by atoms with van der Waals surface area (Å²) >= 11 is 0. The zero-order valence-corrected chi connectivity index (χ0v) is 9.42. The molecule has 0 aromatic heterocycles. The average molecular weight is 199 g/mol. The van der Waals surface area contributed by atoms with Crippen LogP contribution in [0.4, 0.5) is 0 Å². The molecule has 82 valence electrons. The fraction of sp³-hybridized carbons (Fsp3) is 0.818. The highest BCUT2D eigenvalue weighted by Crippen LogP contribution is 2.02. The van der Waals surface area contributed by atoms with Crippen molar-refractivity contribution < 1.29 is 9.90 Å². The van der Waals surface area contributed by atoms with Crippen LogP contribution in [0.5, 0.6) is 0 Å². The molecule has 0 spiro atoms. The van der Waals surface area contributed by atoms with Gasteiger partial charge in [0.05, 0.1) is 5.92 Å². The maximum absolute atomic E-state index is 10.6. The summed E-state index contributed by atoms with van der Waals surface area (Å²) in [7, 11) is 0. The van der Waals surface area contributed by atoms with Gasteiger partial charge in [-0.3, -0.25) is 9.79 Å². The van der Waals surface area contributed by atoms with E-state index >= 15 is 0 Å². The second-order valence-electron chi connectivity index (χ2n) is 3.64. The fourth-order valence-electron chi connectivity index (χ4n) is 1.11. The Balaban J connectivity index is 3.71. The number of carboxylic acids is 1. The quantitative estimate of drug-likeness (QED) is 0.506. The molecule has 1 unspecified atom stereocenters. The van der Waals surface area contributed by atoms with Gasteiger partial charge in [-0.2, -0.15) is 0 Å². The molecule has 3 heteroatoms. The molecule has 0 bridgehead atoms. The van der Waals surface area contributed by atoms with E-state index in [1.54, 1.807) is 13.8 Å². The van der Waals surface area contributed by atoms with Gasteiger partial charge in [-0.25, -0.2) is 0 Å². The normalized spacial score (nSPS) is 14.1. The van der Waals surface area contributed by atoms with Crippen molar-refractivity contribution in [3.8, 4) is 0 Å². The molecule has 1 atom stereocenters. The molecular weight excluding hydrogens is 178 g/mol. The molecule has 0 fully saturated rings. The highest BCUT2D eigenvalue weighted by Gasteiger charge is 2.13. The van der Waals surface area contributed by atoms with E-state index in [2.05, 4.69) is 11.9 Å². The monoisotopic (exact) mass is 199 g/mol. The Hall–Kier alpha value is -0.860. The van der Waals surface area contributed by atoms with Crippen molar-refractivity contribution in [2.75, 3.05) is 6.54 Å². The largest absolute Gasteiger partial charge is 0.481 e. The minimum absolute atomic E-state index is 0.443. The lowest BCUT2D eigenvalue weighted by Crippen LogP contribution is -2.18. The molecule has 0 aliphatic heterocycles. The lowest BCUT2D eigenvalue weighted by molar-refractivity contribution is -0.138. The highest BCUT2D eigenvalue weighted by atomic mass is 16.4. The SMILES string of the molecule is CCCCCC/N=C(/C)C(C)C(=O)O. The third kappa shape index (κ3) is 5.73. The predicted molar refractivity (Wildman–Crippen MR) is 58.9 cm³/mol. The van der Waals surface area contributed by atoms with E-state index in [1.807, 2.05) is 0 Å². The topological polar surface area (TPSA) is 49.7 Å². The van der Waals surface area contributed by atoms with Crippen LogP contribution in [-0.2, 0) is 4.79 Å². The molecule has 0 saturated heterocycles. The smallest absolute Gasteiger partial charge is 0.311 e. The van der Waals surface area contributed by atoms with Gasteiger partial charge in [0, 0.05) is 12.3 Å². The van der Waals surface area contributed by atoms with Gasteiger partial charge in [0.2, 0.25) is 0 Å². The molecule has 0 saturated carbocycles. The maximum Gasteiger partial charge on any atom is 0.311 e. The first-order valence-electron chi connectivity index (χ1n) is 5.33. The number of carbonyl (C=O) groups is 1. The summed E-state index contributed by atoms with van der Waals surface area (Å²) in [6.45, 7) is 6.40. The summed E-state index contributed by atoms with van der Waals surface area (Å²) in [6, 6.07) is 0. The van der Waals surface area contributed by atoms with Gasteiger partial charge in [0.15, 0.2) is 0 Å². The summed E-state index contributed by atoms with van der Waals surface area (Å²) in [5, 5.41) is 8.71. The van der Waals surface area contributed by atoms with E-state index in [4.69, 9.17) is 5.11 Å². The summed E-state index contributed by atoms with van der Waals surface area (Å²) in [4.78, 5) is 14.8. The van der Waals surface area contributed by atoms with Crippen LogP contribution in [0.25, 0.3) is 0 Å². The molecule has 0 aliphatic rings. The van der Waals surface area contributed by atoms with Gasteiger partial charge in [0.25, 0.3) is 0 Å². The molecule has 0 rings (SSSR count). The number of aliphatic carboxylic acids is 1. The number of unbranched alkanes of at least 4 members (excludes halogenated alkanes) is 3. The van der Waals surface area contributed by atoms with Crippen LogP contribution in [0.3, 0.4) is 0 Å². The van der Waals surface area contributed by atoms with E-state index in [9.17, 15) is 4.79 Å². The molecule has 0 aliphatic carbocycles. The van der Waals surface area contributed by atoms with E-state index in [1.165, 1.54) is 19.3 Å². The molecule has 0 aromatic rings. The second kappa shape index (κ2) is 7.54. The Bertz CT molecular complexity index is 199. The first kappa shape index (κ1) is 13.1. The van der Waals surface area contributed by atoms with Crippen LogP contribution in [0, 0.1) is 5.92 Å². The molecule has 3 nitrogen and oxygen atoms in total. The molecule has 0 heterocycles. The Labute approximate surface area is 86.2 Å². The second-order valence-corrected chi connectivity index (χ2v) is 3.64. The number of carboxylic acid groups (broad SMARTS) is 1. The summed E-state index contributed by atoms with van der Waals surface area (Å²) < 4.78 is 0. The number of nitrogens with zero attached hydrogens (tertiary/aromatic N) is 1. The van der Waals surface area contributed by atoms with Crippen LogP contribution in [0.1, 0.15) is 46.5 Å². The van der Waals surface area contributed by atoms with Crippen LogP contribution in [0.2, 0.25) is 0 Å². The molecule has 0 radical (unpaired) electrons. The molecular formula is C11H21NO2. The molecule has 14 heavy (non-hydrogen) atoms. The maximum atomic E-state index is 10.6. The third-order valence-corrected chi connectivity index (χ3v) is 2.37. The Morgan fingerprint density at radius 1 is 1.36 bits per heavy atom. The van der Waals surface area contributed by atoms with Gasteiger partial charge < -0.3 is 5.11 Å². The van der Waals surface area contributed by atoms with E-state index in [0.29, 0.717) is 0 Å². The Morgan fingerprint density at radius 2 is 2.00 bits per heavy atom. The highest BCUT2D eigenvalue weighted by molar-refractivity contribution is 5.99. The van der Waals surface area contributed by atoms with Crippen molar-refractivity contribution in [3.63, 3.8) is 0 Å². The van der Waals surface area contributed by atoms with E-state index in [0.717, 1.165) is 18.7 Å². The van der Waals surface area contributed by atoms with Crippen molar-refractivity contribution in [1.29, 1.82) is 0 Å². The van der Waals surface area contributed by atoms with Crippen LogP contribution in [0.15, 0.2) is 4.99 Å². The zero-order chi connectivity index (χ0) is 11.0. The number of aliphatic imine (C=N–C) groups is 1. The van der Waals surface area contributed by atoms with Crippen LogP contribution >= 0.6 is 0 Å².